The standard InChI is InChI=1S/C17H17ClN2O2/c1-3-12-5-8-13(9-6-12)19-16(21)17(22)20-14-7-4-11(2)15(18)10-14/h4-10H,3H2,1-2H3,(H,19,21)(H,20,22). The Bertz CT molecular complexity index is 696. The molecule has 0 radical (unpaired) electrons. The van der Waals surface area contributed by atoms with Crippen LogP contribution in [0.2, 0.25) is 5.02 Å². The molecule has 2 aromatic carbocycles. The first-order valence-electron chi connectivity index (χ1n) is 6.97. The number of benzene rings is 2. The van der Waals surface area contributed by atoms with E-state index in [0.717, 1.165) is 17.5 Å². The van der Waals surface area contributed by atoms with Crippen LogP contribution in [0, 0.1) is 6.92 Å². The van der Waals surface area contributed by atoms with Gasteiger partial charge in [-0.2, -0.15) is 0 Å². The second kappa shape index (κ2) is 7.09. The molecule has 0 saturated heterocycles. The van der Waals surface area contributed by atoms with Crippen LogP contribution in [0.1, 0.15) is 18.1 Å². The van der Waals surface area contributed by atoms with E-state index in [-0.39, 0.29) is 0 Å². The molecule has 2 amide bonds. The van der Waals surface area contributed by atoms with Gasteiger partial charge in [0.1, 0.15) is 0 Å². The minimum absolute atomic E-state index is 0.483. The average molecular weight is 317 g/mol. The van der Waals surface area contributed by atoms with Crippen LogP contribution in [0.3, 0.4) is 0 Å². The van der Waals surface area contributed by atoms with Crippen LogP contribution in [-0.2, 0) is 16.0 Å². The van der Waals surface area contributed by atoms with E-state index in [1.54, 1.807) is 30.3 Å². The molecule has 0 aliphatic heterocycles. The monoisotopic (exact) mass is 316 g/mol. The lowest BCUT2D eigenvalue weighted by Crippen LogP contribution is -2.29. The van der Waals surface area contributed by atoms with Crippen LogP contribution in [-0.4, -0.2) is 11.8 Å². The molecule has 2 rings (SSSR count). The number of hydrogen-bond acceptors (Lipinski definition) is 2. The van der Waals surface area contributed by atoms with Crippen molar-refractivity contribution in [2.24, 2.45) is 0 Å². The van der Waals surface area contributed by atoms with Gasteiger partial charge in [-0.3, -0.25) is 9.59 Å². The van der Waals surface area contributed by atoms with Crippen molar-refractivity contribution in [2.75, 3.05) is 10.6 Å². The number of hydrogen-bond donors (Lipinski definition) is 2. The molecule has 0 heterocycles. The number of carbonyl (C=O) groups excluding carboxylic acids is 2. The van der Waals surface area contributed by atoms with Crippen molar-refractivity contribution >= 4 is 34.8 Å². The quantitative estimate of drug-likeness (QED) is 0.846. The number of anilines is 2. The number of rotatable bonds is 3. The van der Waals surface area contributed by atoms with Gasteiger partial charge in [-0.1, -0.05) is 36.7 Å². The number of halogens is 1. The van der Waals surface area contributed by atoms with Crippen LogP contribution in [0.25, 0.3) is 0 Å². The Hall–Kier alpha value is -2.33. The molecule has 0 saturated carbocycles. The Morgan fingerprint density at radius 2 is 1.50 bits per heavy atom. The van der Waals surface area contributed by atoms with Crippen LogP contribution in [0.4, 0.5) is 11.4 Å². The summed E-state index contributed by atoms with van der Waals surface area (Å²) in [7, 11) is 0. The minimum atomic E-state index is -0.737. The maximum atomic E-state index is 11.9. The number of amides is 2. The van der Waals surface area contributed by atoms with E-state index in [1.165, 1.54) is 0 Å². The van der Waals surface area contributed by atoms with E-state index in [1.807, 2.05) is 26.0 Å². The molecular formula is C17H17ClN2O2. The Morgan fingerprint density at radius 3 is 2.05 bits per heavy atom. The lowest BCUT2D eigenvalue weighted by Gasteiger charge is -2.08. The fourth-order valence-corrected chi connectivity index (χ4v) is 2.05. The van der Waals surface area contributed by atoms with E-state index in [2.05, 4.69) is 10.6 Å². The van der Waals surface area contributed by atoms with E-state index in [4.69, 9.17) is 11.6 Å². The molecule has 5 heteroatoms. The summed E-state index contributed by atoms with van der Waals surface area (Å²) in [6, 6.07) is 12.4. The van der Waals surface area contributed by atoms with Crippen molar-refractivity contribution in [3.8, 4) is 0 Å². The Balaban J connectivity index is 1.99. The molecule has 114 valence electrons. The molecule has 0 aliphatic rings. The summed E-state index contributed by atoms with van der Waals surface area (Å²) in [6.45, 7) is 3.91. The van der Waals surface area contributed by atoms with E-state index >= 15 is 0 Å². The summed E-state index contributed by atoms with van der Waals surface area (Å²) in [5.74, 6) is -1.46. The molecular weight excluding hydrogens is 300 g/mol. The highest BCUT2D eigenvalue weighted by Gasteiger charge is 2.14. The van der Waals surface area contributed by atoms with Crippen LogP contribution in [0.15, 0.2) is 42.5 Å². The number of aryl methyl sites for hydroxylation is 2. The number of carbonyl (C=O) groups is 2. The van der Waals surface area contributed by atoms with Crippen molar-refractivity contribution in [1.82, 2.24) is 0 Å². The van der Waals surface area contributed by atoms with Gasteiger partial charge < -0.3 is 10.6 Å². The lowest BCUT2D eigenvalue weighted by atomic mass is 10.1. The van der Waals surface area contributed by atoms with Crippen LogP contribution in [0.5, 0.6) is 0 Å². The first-order chi connectivity index (χ1) is 10.5. The highest BCUT2D eigenvalue weighted by molar-refractivity contribution is 6.43. The van der Waals surface area contributed by atoms with Crippen LogP contribution < -0.4 is 10.6 Å². The Morgan fingerprint density at radius 1 is 0.955 bits per heavy atom. The van der Waals surface area contributed by atoms with Crippen LogP contribution >= 0.6 is 11.6 Å². The minimum Gasteiger partial charge on any atom is -0.318 e. The second-order valence-corrected chi connectivity index (χ2v) is 5.33. The van der Waals surface area contributed by atoms with E-state index in [9.17, 15) is 9.59 Å². The largest absolute Gasteiger partial charge is 0.318 e. The predicted octanol–water partition coefficient (Wildman–Crippen LogP) is 3.79. The number of nitrogens with one attached hydrogen (secondary N) is 2. The highest BCUT2D eigenvalue weighted by Crippen LogP contribution is 2.20. The molecule has 0 fully saturated rings. The fraction of sp³-hybridized carbons (Fsp3) is 0.176. The summed E-state index contributed by atoms with van der Waals surface area (Å²) in [4.78, 5) is 23.7. The average Bonchev–Trinajstić information content (AvgIpc) is 2.51. The zero-order valence-corrected chi connectivity index (χ0v) is 13.2. The molecule has 0 spiro atoms. The first kappa shape index (κ1) is 16.0. The lowest BCUT2D eigenvalue weighted by molar-refractivity contribution is -0.132. The maximum Gasteiger partial charge on any atom is 0.314 e. The summed E-state index contributed by atoms with van der Waals surface area (Å²) in [5.41, 5.74) is 3.13. The van der Waals surface area contributed by atoms with Crippen molar-refractivity contribution < 1.29 is 9.59 Å². The molecule has 0 aromatic heterocycles. The van der Waals surface area contributed by atoms with Gasteiger partial charge in [-0.15, -0.1) is 0 Å². The normalized spacial score (nSPS) is 10.1. The van der Waals surface area contributed by atoms with Gasteiger partial charge in [-0.05, 0) is 48.7 Å². The smallest absolute Gasteiger partial charge is 0.314 e. The van der Waals surface area contributed by atoms with Gasteiger partial charge in [-0.25, -0.2) is 0 Å². The van der Waals surface area contributed by atoms with E-state index < -0.39 is 11.8 Å². The summed E-state index contributed by atoms with van der Waals surface area (Å²) < 4.78 is 0. The molecule has 0 bridgehead atoms. The van der Waals surface area contributed by atoms with Gasteiger partial charge in [0, 0.05) is 16.4 Å². The van der Waals surface area contributed by atoms with Crippen molar-refractivity contribution in [1.29, 1.82) is 0 Å². The first-order valence-corrected chi connectivity index (χ1v) is 7.35. The maximum absolute atomic E-state index is 11.9. The van der Waals surface area contributed by atoms with Crippen molar-refractivity contribution in [2.45, 2.75) is 20.3 Å². The summed E-state index contributed by atoms with van der Waals surface area (Å²) >= 11 is 5.98. The molecule has 4 nitrogen and oxygen atoms in total. The molecule has 22 heavy (non-hydrogen) atoms. The van der Waals surface area contributed by atoms with Crippen molar-refractivity contribution in [3.05, 3.63) is 58.6 Å². The molecule has 2 N–H and O–H groups in total. The zero-order valence-electron chi connectivity index (χ0n) is 12.4. The molecule has 0 unspecified atom stereocenters. The van der Waals surface area contributed by atoms with Gasteiger partial charge in [0.2, 0.25) is 0 Å². The van der Waals surface area contributed by atoms with Gasteiger partial charge in [0.25, 0.3) is 0 Å². The predicted molar refractivity (Wildman–Crippen MR) is 89.3 cm³/mol. The molecule has 2 aromatic rings. The van der Waals surface area contributed by atoms with Gasteiger partial charge >= 0.3 is 11.8 Å². The summed E-state index contributed by atoms with van der Waals surface area (Å²) in [6.07, 6.45) is 0.920. The summed E-state index contributed by atoms with van der Waals surface area (Å²) in [5, 5.41) is 5.61. The Labute approximate surface area is 134 Å². The van der Waals surface area contributed by atoms with E-state index in [0.29, 0.717) is 16.4 Å². The molecule has 0 aliphatic carbocycles. The fourth-order valence-electron chi connectivity index (χ4n) is 1.87. The second-order valence-electron chi connectivity index (χ2n) is 4.92. The third-order valence-electron chi connectivity index (χ3n) is 3.26. The highest BCUT2D eigenvalue weighted by atomic mass is 35.5. The SMILES string of the molecule is CCc1ccc(NC(=O)C(=O)Nc2ccc(C)c(Cl)c2)cc1. The van der Waals surface area contributed by atoms with Gasteiger partial charge in [0.15, 0.2) is 0 Å². The third kappa shape index (κ3) is 4.09. The van der Waals surface area contributed by atoms with Crippen molar-refractivity contribution in [3.63, 3.8) is 0 Å². The Kier molecular flexibility index (Phi) is 5.17. The topological polar surface area (TPSA) is 58.2 Å². The molecule has 0 atom stereocenters. The third-order valence-corrected chi connectivity index (χ3v) is 3.66. The van der Waals surface area contributed by atoms with Gasteiger partial charge in [0.05, 0.1) is 0 Å². The zero-order chi connectivity index (χ0) is 16.1.